The maximum atomic E-state index is 6.35. The van der Waals surface area contributed by atoms with Gasteiger partial charge in [-0.2, -0.15) is 0 Å². The molecule has 1 fully saturated rings. The molecule has 2 N–H and O–H groups in total. The molecule has 16 heavy (non-hydrogen) atoms. The van der Waals surface area contributed by atoms with Crippen LogP contribution in [0.3, 0.4) is 0 Å². The normalized spacial score (nSPS) is 26.2. The molecule has 2 aliphatic rings. The summed E-state index contributed by atoms with van der Waals surface area (Å²) in [5, 5.41) is 0. The smallest absolute Gasteiger partial charge is 0.109 e. The molecule has 2 heteroatoms. The van der Waals surface area contributed by atoms with E-state index in [0.29, 0.717) is 5.92 Å². The van der Waals surface area contributed by atoms with Gasteiger partial charge in [-0.3, -0.25) is 0 Å². The molecule has 92 valence electrons. The van der Waals surface area contributed by atoms with E-state index in [9.17, 15) is 0 Å². The fourth-order valence-electron chi connectivity index (χ4n) is 2.89. The second kappa shape index (κ2) is 6.29. The van der Waals surface area contributed by atoms with Gasteiger partial charge < -0.3 is 10.5 Å². The number of nitrogens with two attached hydrogens (primary N) is 1. The Balaban J connectivity index is 1.90. The Morgan fingerprint density at radius 3 is 2.38 bits per heavy atom. The van der Waals surface area contributed by atoms with E-state index in [1.54, 1.807) is 0 Å². The Kier molecular flexibility index (Phi) is 4.70. The van der Waals surface area contributed by atoms with Crippen molar-refractivity contribution in [1.82, 2.24) is 0 Å². The van der Waals surface area contributed by atoms with Gasteiger partial charge in [-0.1, -0.05) is 32.1 Å². The molecule has 0 aromatic rings. The maximum absolute atomic E-state index is 6.35. The zero-order chi connectivity index (χ0) is 11.2. The third-order valence-corrected chi connectivity index (χ3v) is 3.95. The Bertz CT molecular complexity index is 229. The van der Waals surface area contributed by atoms with Crippen molar-refractivity contribution >= 4 is 0 Å². The number of hydrogen-bond donors (Lipinski definition) is 1. The molecule has 1 saturated carbocycles. The van der Waals surface area contributed by atoms with Crippen LogP contribution < -0.4 is 5.73 Å². The highest BCUT2D eigenvalue weighted by atomic mass is 16.5. The lowest BCUT2D eigenvalue weighted by molar-refractivity contribution is 0.155. The van der Waals surface area contributed by atoms with Gasteiger partial charge in [0.05, 0.1) is 12.6 Å². The highest BCUT2D eigenvalue weighted by Crippen LogP contribution is 2.28. The zero-order valence-corrected chi connectivity index (χ0v) is 10.3. The molecule has 0 radical (unpaired) electrons. The van der Waals surface area contributed by atoms with E-state index in [1.165, 1.54) is 44.9 Å². The summed E-state index contributed by atoms with van der Waals surface area (Å²) >= 11 is 0. The van der Waals surface area contributed by atoms with Crippen molar-refractivity contribution in [3.05, 3.63) is 11.8 Å². The van der Waals surface area contributed by atoms with Gasteiger partial charge in [-0.15, -0.1) is 0 Å². The summed E-state index contributed by atoms with van der Waals surface area (Å²) in [5.74, 6) is 1.74. The minimum absolute atomic E-state index is 0.165. The lowest BCUT2D eigenvalue weighted by Gasteiger charge is -2.29. The van der Waals surface area contributed by atoms with Gasteiger partial charge in [0.1, 0.15) is 5.76 Å². The predicted molar refractivity (Wildman–Crippen MR) is 67.1 cm³/mol. The van der Waals surface area contributed by atoms with Crippen molar-refractivity contribution < 1.29 is 4.74 Å². The molecule has 1 heterocycles. The van der Waals surface area contributed by atoms with Crippen LogP contribution in [0, 0.1) is 5.92 Å². The van der Waals surface area contributed by atoms with Crippen LogP contribution in [-0.4, -0.2) is 12.6 Å². The highest BCUT2D eigenvalue weighted by molar-refractivity contribution is 5.06. The Morgan fingerprint density at radius 1 is 1.06 bits per heavy atom. The molecule has 1 atom stereocenters. The van der Waals surface area contributed by atoms with Gasteiger partial charge >= 0.3 is 0 Å². The van der Waals surface area contributed by atoms with Gasteiger partial charge in [-0.05, 0) is 37.7 Å². The Hall–Kier alpha value is -0.500. The molecular weight excluding hydrogens is 198 g/mol. The summed E-state index contributed by atoms with van der Waals surface area (Å²) in [6, 6.07) is 0.165. The molecule has 1 aliphatic heterocycles. The fourth-order valence-corrected chi connectivity index (χ4v) is 2.89. The average molecular weight is 223 g/mol. The minimum Gasteiger partial charge on any atom is -0.497 e. The predicted octanol–water partition coefficient (Wildman–Crippen LogP) is 3.37. The highest BCUT2D eigenvalue weighted by Gasteiger charge is 2.23. The Labute approximate surface area is 99.2 Å². The number of hydrogen-bond acceptors (Lipinski definition) is 2. The summed E-state index contributed by atoms with van der Waals surface area (Å²) in [5.41, 5.74) is 6.35. The summed E-state index contributed by atoms with van der Waals surface area (Å²) < 4.78 is 5.70. The van der Waals surface area contributed by atoms with Crippen LogP contribution in [0.5, 0.6) is 0 Å². The van der Waals surface area contributed by atoms with Crippen molar-refractivity contribution in [2.75, 3.05) is 6.61 Å². The number of allylic oxidation sites excluding steroid dienone is 1. The summed E-state index contributed by atoms with van der Waals surface area (Å²) in [7, 11) is 0. The molecule has 1 aliphatic carbocycles. The molecule has 0 aromatic heterocycles. The molecule has 0 amide bonds. The van der Waals surface area contributed by atoms with Crippen molar-refractivity contribution in [2.24, 2.45) is 11.7 Å². The molecule has 0 saturated heterocycles. The molecule has 2 rings (SSSR count). The van der Waals surface area contributed by atoms with Crippen LogP contribution in [0.4, 0.5) is 0 Å². The van der Waals surface area contributed by atoms with Crippen molar-refractivity contribution in [2.45, 2.75) is 63.8 Å². The van der Waals surface area contributed by atoms with E-state index in [2.05, 4.69) is 6.08 Å². The Morgan fingerprint density at radius 2 is 1.75 bits per heavy atom. The van der Waals surface area contributed by atoms with Crippen LogP contribution in [0.2, 0.25) is 0 Å². The van der Waals surface area contributed by atoms with Crippen molar-refractivity contribution in [1.29, 1.82) is 0 Å². The topological polar surface area (TPSA) is 35.2 Å². The van der Waals surface area contributed by atoms with Crippen LogP contribution in [-0.2, 0) is 4.74 Å². The quantitative estimate of drug-likeness (QED) is 0.779. The maximum Gasteiger partial charge on any atom is 0.109 e. The molecule has 1 unspecified atom stereocenters. The van der Waals surface area contributed by atoms with Crippen LogP contribution in [0.1, 0.15) is 57.8 Å². The first-order valence-electron chi connectivity index (χ1n) is 6.96. The molecule has 0 spiro atoms. The molecular formula is C14H25NO. The van der Waals surface area contributed by atoms with Crippen LogP contribution in [0.15, 0.2) is 11.8 Å². The first kappa shape index (κ1) is 12.0. The number of ether oxygens (including phenoxy) is 1. The molecule has 2 nitrogen and oxygen atoms in total. The first-order valence-corrected chi connectivity index (χ1v) is 6.96. The van der Waals surface area contributed by atoms with Crippen molar-refractivity contribution in [3.63, 3.8) is 0 Å². The standard InChI is InChI=1S/C14H25NO/c15-14(13-10-6-7-11-16-13)12-8-4-2-1-3-5-9-12/h10,12,14H,1-9,11,15H2. The lowest BCUT2D eigenvalue weighted by Crippen LogP contribution is -2.34. The van der Waals surface area contributed by atoms with E-state index in [1.807, 2.05) is 0 Å². The van der Waals surface area contributed by atoms with E-state index in [-0.39, 0.29) is 6.04 Å². The van der Waals surface area contributed by atoms with Gasteiger partial charge in [0.25, 0.3) is 0 Å². The van der Waals surface area contributed by atoms with E-state index in [0.717, 1.165) is 25.2 Å². The third kappa shape index (κ3) is 3.24. The van der Waals surface area contributed by atoms with E-state index < -0.39 is 0 Å². The first-order chi connectivity index (χ1) is 7.88. The number of rotatable bonds is 2. The molecule has 0 aromatic carbocycles. The zero-order valence-electron chi connectivity index (χ0n) is 10.3. The minimum atomic E-state index is 0.165. The van der Waals surface area contributed by atoms with E-state index in [4.69, 9.17) is 10.5 Å². The second-order valence-corrected chi connectivity index (χ2v) is 5.23. The SMILES string of the molecule is NC(C1=CCCCO1)C1CCCCCCC1. The summed E-state index contributed by atoms with van der Waals surface area (Å²) in [4.78, 5) is 0. The summed E-state index contributed by atoms with van der Waals surface area (Å²) in [6.07, 6.45) is 14.0. The van der Waals surface area contributed by atoms with Gasteiger partial charge in [0.2, 0.25) is 0 Å². The fraction of sp³-hybridized carbons (Fsp3) is 0.857. The van der Waals surface area contributed by atoms with Gasteiger partial charge in [-0.25, -0.2) is 0 Å². The largest absolute Gasteiger partial charge is 0.497 e. The lowest BCUT2D eigenvalue weighted by atomic mass is 9.85. The van der Waals surface area contributed by atoms with Crippen LogP contribution >= 0.6 is 0 Å². The summed E-state index contributed by atoms with van der Waals surface area (Å²) in [6.45, 7) is 0.867. The van der Waals surface area contributed by atoms with Gasteiger partial charge in [0.15, 0.2) is 0 Å². The average Bonchev–Trinajstić information content (AvgIpc) is 2.29. The molecule has 0 bridgehead atoms. The van der Waals surface area contributed by atoms with Crippen LogP contribution in [0.25, 0.3) is 0 Å². The van der Waals surface area contributed by atoms with E-state index >= 15 is 0 Å². The third-order valence-electron chi connectivity index (χ3n) is 3.95. The van der Waals surface area contributed by atoms with Crippen molar-refractivity contribution in [3.8, 4) is 0 Å². The monoisotopic (exact) mass is 223 g/mol. The second-order valence-electron chi connectivity index (χ2n) is 5.23. The van der Waals surface area contributed by atoms with Gasteiger partial charge in [0, 0.05) is 0 Å².